The van der Waals surface area contributed by atoms with E-state index < -0.39 is 17.2 Å². The van der Waals surface area contributed by atoms with Crippen molar-refractivity contribution >= 4 is 75.8 Å². The van der Waals surface area contributed by atoms with Crippen LogP contribution < -0.4 is 20.9 Å². The van der Waals surface area contributed by atoms with E-state index in [9.17, 15) is 14.4 Å². The smallest absolute Gasteiger partial charge is 0.359 e. The number of benzene rings is 6. The number of thioether (sulfide) groups is 3. The van der Waals surface area contributed by atoms with Crippen molar-refractivity contribution in [2.75, 3.05) is 46.5 Å². The van der Waals surface area contributed by atoms with Crippen molar-refractivity contribution < 1.29 is 36.4 Å². The predicted molar refractivity (Wildman–Crippen MR) is 349 cm³/mol. The third-order valence-electron chi connectivity index (χ3n) is 14.5. The number of amides is 3. The van der Waals surface area contributed by atoms with Crippen LogP contribution in [0, 0.1) is 0 Å². The lowest BCUT2D eigenvalue weighted by atomic mass is 10.1. The maximum absolute atomic E-state index is 16.1. The normalized spacial score (nSPS) is 12.2. The molecule has 0 bridgehead atoms. The predicted octanol–water partition coefficient (Wildman–Crippen LogP) is 14.5. The number of para-hydroxylation sites is 1. The maximum Gasteiger partial charge on any atom is 0.359 e. The number of halogens is 2. The first-order valence-electron chi connectivity index (χ1n) is 28.6. The lowest BCUT2D eigenvalue weighted by Gasteiger charge is -2.21. The number of nitrogens with zero attached hydrogens (tertiary/aromatic N) is 10. The standard InChI is InChI=1S/C67H57F2N13O6S3/c1-42(45-16-8-5-9-17-45)81-61(57-36-33-53(87-57)46-27-29-50(30-28-46)71-59(84)41-90-66-78-75-62(55-24-15-37-86-55)82(66)67(68,69)48-19-10-6-11-20-48)74-77-65(81)91-43(2)63(85)72-51-23-14-18-47(38-51)54-34-35-56(88-54)60-73-76-64(89-40-58(83)70-49-21-12-7-13-22-49)80(60)39-44-25-31-52(32-26-44)79(3)4/h5-38,42-43H,39-41H2,1-4H3,(H,70,83)(H,71,84)(H,72,85). The van der Waals surface area contributed by atoms with Crippen LogP contribution in [-0.2, 0) is 27.0 Å². The average Bonchev–Trinajstić information content (AvgIpc) is 1.73. The van der Waals surface area contributed by atoms with Crippen molar-refractivity contribution in [2.24, 2.45) is 0 Å². The molecular weight excluding hydrogens is 1220 g/mol. The van der Waals surface area contributed by atoms with Crippen molar-refractivity contribution in [3.63, 3.8) is 0 Å². The minimum absolute atomic E-state index is 0.0978. The largest absolute Gasteiger partial charge is 0.461 e. The van der Waals surface area contributed by atoms with Crippen LogP contribution in [0.4, 0.5) is 31.5 Å². The van der Waals surface area contributed by atoms with E-state index in [0.29, 0.717) is 84.3 Å². The van der Waals surface area contributed by atoms with Crippen molar-refractivity contribution in [1.29, 1.82) is 0 Å². The van der Waals surface area contributed by atoms with Crippen LogP contribution in [0.5, 0.6) is 0 Å². The van der Waals surface area contributed by atoms with Crippen LogP contribution in [-0.4, -0.2) is 92.9 Å². The first kappa shape index (κ1) is 61.0. The second-order valence-electron chi connectivity index (χ2n) is 21.0. The lowest BCUT2D eigenvalue weighted by molar-refractivity contribution is -0.115. The number of carbonyl (C=O) groups is 3. The quantitative estimate of drug-likeness (QED) is 0.0479. The Kier molecular flexibility index (Phi) is 18.2. The molecule has 6 aromatic heterocycles. The van der Waals surface area contributed by atoms with E-state index in [1.807, 2.05) is 150 Å². The van der Waals surface area contributed by atoms with Crippen molar-refractivity contribution in [3.8, 4) is 57.4 Å². The molecule has 458 valence electrons. The molecule has 0 fully saturated rings. The summed E-state index contributed by atoms with van der Waals surface area (Å²) in [6, 6.07) is 55.6. The van der Waals surface area contributed by atoms with Gasteiger partial charge < -0.3 is 34.1 Å². The van der Waals surface area contributed by atoms with Gasteiger partial charge in [0, 0.05) is 53.5 Å². The SMILES string of the molecule is CC(Sc1nnc(-c2ccc(-c3ccc(NC(=O)CSc4nnc(-c5ccco5)n4C(F)(F)c4ccccc4)cc3)o2)n1C(C)c1ccccc1)C(=O)Nc1cccc(-c2ccc(-c3nnc(SCC(=O)Nc4ccccc4)n3Cc3ccc(N(C)C)cc3)o2)c1. The zero-order valence-corrected chi connectivity index (χ0v) is 51.8. The number of carbonyl (C=O) groups excluding carboxylic acids is 3. The number of hydrogen-bond acceptors (Lipinski definition) is 16. The van der Waals surface area contributed by atoms with Gasteiger partial charge >= 0.3 is 6.05 Å². The van der Waals surface area contributed by atoms with Gasteiger partial charge in [-0.15, -0.1) is 30.6 Å². The fraction of sp³-hybridized carbons (Fsp3) is 0.149. The van der Waals surface area contributed by atoms with Gasteiger partial charge in [-0.2, -0.15) is 8.78 Å². The number of furan rings is 3. The number of hydrogen-bond donors (Lipinski definition) is 3. The average molecular weight is 1270 g/mol. The summed E-state index contributed by atoms with van der Waals surface area (Å²) in [5.41, 5.74) is 5.90. The molecule has 0 radical (unpaired) electrons. The Hall–Kier alpha value is -10.3. The minimum atomic E-state index is -3.57. The van der Waals surface area contributed by atoms with E-state index in [0.717, 1.165) is 28.6 Å². The molecule has 6 heterocycles. The summed E-state index contributed by atoms with van der Waals surface area (Å²) in [6.45, 7) is 4.25. The Bertz CT molecular complexity index is 4460. The minimum Gasteiger partial charge on any atom is -0.461 e. The first-order chi connectivity index (χ1) is 44.2. The van der Waals surface area contributed by atoms with Gasteiger partial charge in [0.15, 0.2) is 32.8 Å². The highest BCUT2D eigenvalue weighted by Crippen LogP contribution is 2.40. The summed E-state index contributed by atoms with van der Waals surface area (Å²) >= 11 is 3.35. The number of anilines is 4. The molecular formula is C67H57F2N13O6S3. The van der Waals surface area contributed by atoms with Crippen LogP contribution in [0.3, 0.4) is 0 Å². The Morgan fingerprint density at radius 2 is 1.11 bits per heavy atom. The van der Waals surface area contributed by atoms with Gasteiger partial charge in [-0.1, -0.05) is 138 Å². The third-order valence-corrected chi connectivity index (χ3v) is 17.5. The topological polar surface area (TPSA) is 222 Å². The van der Waals surface area contributed by atoms with E-state index in [1.54, 1.807) is 49.4 Å². The zero-order chi connectivity index (χ0) is 63.0. The summed E-state index contributed by atoms with van der Waals surface area (Å²) in [5, 5.41) is 35.4. The van der Waals surface area contributed by atoms with Crippen LogP contribution >= 0.6 is 35.3 Å². The molecule has 0 aliphatic carbocycles. The number of alkyl halides is 2. The fourth-order valence-corrected chi connectivity index (χ4v) is 12.3. The number of aromatic nitrogens is 9. The van der Waals surface area contributed by atoms with Gasteiger partial charge in [0.1, 0.15) is 11.5 Å². The molecule has 24 heteroatoms. The van der Waals surface area contributed by atoms with E-state index >= 15 is 8.78 Å². The molecule has 91 heavy (non-hydrogen) atoms. The summed E-state index contributed by atoms with van der Waals surface area (Å²) in [6.07, 6.45) is 1.36. The van der Waals surface area contributed by atoms with Gasteiger partial charge in [0.05, 0.1) is 35.6 Å². The Balaban J connectivity index is 0.712. The summed E-state index contributed by atoms with van der Waals surface area (Å²) in [4.78, 5) is 42.5. The van der Waals surface area contributed by atoms with Crippen LogP contribution in [0.1, 0.15) is 36.6 Å². The third kappa shape index (κ3) is 14.0. The second-order valence-corrected chi connectivity index (χ2v) is 24.2. The Morgan fingerprint density at radius 1 is 0.538 bits per heavy atom. The van der Waals surface area contributed by atoms with E-state index in [-0.39, 0.29) is 51.7 Å². The van der Waals surface area contributed by atoms with Gasteiger partial charge in [-0.05, 0) is 122 Å². The highest BCUT2D eigenvalue weighted by atomic mass is 32.2. The molecule has 2 unspecified atom stereocenters. The monoisotopic (exact) mass is 1270 g/mol. The molecule has 12 rings (SSSR count). The van der Waals surface area contributed by atoms with Gasteiger partial charge in [-0.3, -0.25) is 23.5 Å². The van der Waals surface area contributed by atoms with Crippen LogP contribution in [0.2, 0.25) is 0 Å². The molecule has 0 saturated heterocycles. The molecule has 0 saturated carbocycles. The summed E-state index contributed by atoms with van der Waals surface area (Å²) in [5.74, 6) is 1.76. The van der Waals surface area contributed by atoms with E-state index in [2.05, 4.69) is 58.7 Å². The summed E-state index contributed by atoms with van der Waals surface area (Å²) < 4.78 is 55.2. The van der Waals surface area contributed by atoms with Crippen LogP contribution in [0.15, 0.2) is 235 Å². The summed E-state index contributed by atoms with van der Waals surface area (Å²) in [7, 11) is 3.98. The highest BCUT2D eigenvalue weighted by molar-refractivity contribution is 8.00. The van der Waals surface area contributed by atoms with Gasteiger partial charge in [0.2, 0.25) is 35.2 Å². The molecule has 2 atom stereocenters. The van der Waals surface area contributed by atoms with Crippen molar-refractivity contribution in [1.82, 2.24) is 44.3 Å². The molecule has 3 N–H and O–H groups in total. The zero-order valence-electron chi connectivity index (χ0n) is 49.3. The highest BCUT2D eigenvalue weighted by Gasteiger charge is 2.40. The van der Waals surface area contributed by atoms with Gasteiger partial charge in [0.25, 0.3) is 0 Å². The van der Waals surface area contributed by atoms with Crippen molar-refractivity contribution in [3.05, 3.63) is 223 Å². The first-order valence-corrected chi connectivity index (χ1v) is 31.5. The fourth-order valence-electron chi connectivity index (χ4n) is 9.83. The van der Waals surface area contributed by atoms with E-state index in [4.69, 9.17) is 13.3 Å². The number of rotatable bonds is 24. The molecule has 0 spiro atoms. The Labute approximate surface area is 533 Å². The molecule has 0 aliphatic rings. The maximum atomic E-state index is 16.1. The van der Waals surface area contributed by atoms with Gasteiger partial charge in [-0.25, -0.2) is 4.57 Å². The molecule has 12 aromatic rings. The molecule has 3 amide bonds. The second kappa shape index (κ2) is 27.2. The van der Waals surface area contributed by atoms with Crippen molar-refractivity contribution in [2.45, 2.75) is 53.2 Å². The molecule has 6 aromatic carbocycles. The van der Waals surface area contributed by atoms with Crippen LogP contribution in [0.25, 0.3) is 57.4 Å². The Morgan fingerprint density at radius 3 is 1.78 bits per heavy atom. The number of nitrogens with one attached hydrogen (secondary N) is 3. The molecule has 0 aliphatic heterocycles. The van der Waals surface area contributed by atoms with E-state index in [1.165, 1.54) is 60.1 Å². The molecule has 19 nitrogen and oxygen atoms in total. The lowest BCUT2D eigenvalue weighted by Crippen LogP contribution is -2.26.